The second kappa shape index (κ2) is 7.74. The smallest absolute Gasteiger partial charge is 0.0843 e. The molecule has 1 aromatic carbocycles. The number of hydrogen-bond acceptors (Lipinski definition) is 2. The van der Waals surface area contributed by atoms with Crippen LogP contribution >= 0.6 is 43.2 Å². The lowest BCUT2D eigenvalue weighted by molar-refractivity contribution is 0.451. The molecule has 4 heteroatoms. The van der Waals surface area contributed by atoms with E-state index in [2.05, 4.69) is 87.4 Å². The first-order valence-corrected chi connectivity index (χ1v) is 9.30. The molecule has 0 spiro atoms. The molecule has 2 aromatic rings. The van der Waals surface area contributed by atoms with Gasteiger partial charge in [0.15, 0.2) is 0 Å². The minimum Gasteiger partial charge on any atom is -0.309 e. The van der Waals surface area contributed by atoms with Crippen LogP contribution in [0.25, 0.3) is 0 Å². The topological polar surface area (TPSA) is 12.0 Å². The predicted octanol–water partition coefficient (Wildman–Crippen LogP) is 6.12. The van der Waals surface area contributed by atoms with Crippen LogP contribution in [0.15, 0.2) is 44.7 Å². The summed E-state index contributed by atoms with van der Waals surface area (Å²) >= 11 is 9.01. The fraction of sp³-hybridized carbons (Fsp3) is 0.375. The molecule has 2 rings (SSSR count). The van der Waals surface area contributed by atoms with Gasteiger partial charge in [-0.15, -0.1) is 11.3 Å². The molecular formula is C16H19Br2NS. The van der Waals surface area contributed by atoms with Gasteiger partial charge in [-0.25, -0.2) is 0 Å². The van der Waals surface area contributed by atoms with Gasteiger partial charge in [-0.1, -0.05) is 44.2 Å². The van der Waals surface area contributed by atoms with Crippen LogP contribution in [0.4, 0.5) is 0 Å². The summed E-state index contributed by atoms with van der Waals surface area (Å²) in [6, 6.07) is 13.4. The lowest BCUT2D eigenvalue weighted by atomic mass is 9.88. The summed E-state index contributed by atoms with van der Waals surface area (Å²) in [4.78, 5) is 1.38. The normalized spacial score (nSPS) is 14.2. The lowest BCUT2D eigenvalue weighted by Gasteiger charge is -2.26. The van der Waals surface area contributed by atoms with E-state index in [1.165, 1.54) is 14.2 Å². The van der Waals surface area contributed by atoms with Crippen LogP contribution in [0.1, 0.15) is 42.7 Å². The van der Waals surface area contributed by atoms with E-state index in [0.29, 0.717) is 12.0 Å². The van der Waals surface area contributed by atoms with Crippen LogP contribution in [-0.2, 0) is 0 Å². The highest BCUT2D eigenvalue weighted by Crippen LogP contribution is 2.41. The molecule has 0 radical (unpaired) electrons. The van der Waals surface area contributed by atoms with Crippen molar-refractivity contribution in [2.75, 3.05) is 6.54 Å². The number of rotatable bonds is 6. The number of hydrogen-bond donors (Lipinski definition) is 1. The average Bonchev–Trinajstić information content (AvgIpc) is 2.79. The highest BCUT2D eigenvalue weighted by atomic mass is 79.9. The molecule has 1 aromatic heterocycles. The minimum atomic E-state index is 0.361. The van der Waals surface area contributed by atoms with E-state index >= 15 is 0 Å². The maximum Gasteiger partial charge on any atom is 0.0843 e. The lowest BCUT2D eigenvalue weighted by Crippen LogP contribution is -2.26. The third-order valence-electron chi connectivity index (χ3n) is 3.46. The van der Waals surface area contributed by atoms with Crippen molar-refractivity contribution in [3.05, 3.63) is 55.1 Å². The minimum absolute atomic E-state index is 0.361. The zero-order valence-electron chi connectivity index (χ0n) is 11.7. The average molecular weight is 417 g/mol. The van der Waals surface area contributed by atoms with Gasteiger partial charge in [0.2, 0.25) is 0 Å². The first-order valence-electron chi connectivity index (χ1n) is 6.90. The fourth-order valence-corrected chi connectivity index (χ4v) is 4.77. The second-order valence-corrected chi connectivity index (χ2v) is 7.99. The summed E-state index contributed by atoms with van der Waals surface area (Å²) in [5.74, 6) is 0.494. The molecular weight excluding hydrogens is 398 g/mol. The van der Waals surface area contributed by atoms with E-state index in [9.17, 15) is 0 Å². The molecule has 1 N–H and O–H groups in total. The van der Waals surface area contributed by atoms with E-state index in [1.54, 1.807) is 0 Å². The Hall–Kier alpha value is -0.160. The van der Waals surface area contributed by atoms with Crippen molar-refractivity contribution >= 4 is 43.2 Å². The largest absolute Gasteiger partial charge is 0.309 e. The Balaban J connectivity index is 2.35. The molecule has 2 atom stereocenters. The first-order chi connectivity index (χ1) is 9.67. The van der Waals surface area contributed by atoms with E-state index in [1.807, 2.05) is 11.3 Å². The molecule has 0 saturated heterocycles. The standard InChI is InChI=1S/C16H19Br2NS/c1-3-12(11-8-6-5-7-9-11)15(19-4-2)14-10-13(17)16(18)20-14/h5-10,12,15,19H,3-4H2,1-2H3. The zero-order valence-corrected chi connectivity index (χ0v) is 15.7. The Kier molecular flexibility index (Phi) is 6.27. The van der Waals surface area contributed by atoms with Crippen molar-refractivity contribution in [2.24, 2.45) is 0 Å². The second-order valence-electron chi connectivity index (χ2n) is 4.73. The summed E-state index contributed by atoms with van der Waals surface area (Å²) in [6.07, 6.45) is 1.12. The van der Waals surface area contributed by atoms with Crippen LogP contribution < -0.4 is 5.32 Å². The molecule has 0 saturated carbocycles. The van der Waals surface area contributed by atoms with Gasteiger partial charge in [-0.05, 0) is 56.5 Å². The first kappa shape index (κ1) is 16.2. The SMILES string of the molecule is CCNC(c1cc(Br)c(Br)s1)C(CC)c1ccccc1. The monoisotopic (exact) mass is 415 g/mol. The third-order valence-corrected chi connectivity index (χ3v) is 6.80. The molecule has 1 heterocycles. The summed E-state index contributed by atoms with van der Waals surface area (Å²) in [5.41, 5.74) is 1.40. The number of thiophene rings is 1. The molecule has 0 fully saturated rings. The molecule has 1 nitrogen and oxygen atoms in total. The van der Waals surface area contributed by atoms with Crippen molar-refractivity contribution in [1.29, 1.82) is 0 Å². The van der Waals surface area contributed by atoms with Crippen LogP contribution in [0.2, 0.25) is 0 Å². The number of nitrogens with one attached hydrogen (secondary N) is 1. The van der Waals surface area contributed by atoms with Gasteiger partial charge in [0.1, 0.15) is 0 Å². The Labute approximate surface area is 142 Å². The number of likely N-dealkylation sites (N-methyl/N-ethyl adjacent to an activating group) is 1. The van der Waals surface area contributed by atoms with Crippen LogP contribution in [0.5, 0.6) is 0 Å². The van der Waals surface area contributed by atoms with Crippen molar-refractivity contribution in [3.8, 4) is 0 Å². The van der Waals surface area contributed by atoms with Crippen LogP contribution in [-0.4, -0.2) is 6.54 Å². The molecule has 0 amide bonds. The third kappa shape index (κ3) is 3.73. The quantitative estimate of drug-likeness (QED) is 0.598. The number of halogens is 2. The zero-order chi connectivity index (χ0) is 14.5. The van der Waals surface area contributed by atoms with Crippen molar-refractivity contribution in [3.63, 3.8) is 0 Å². The van der Waals surface area contributed by atoms with Gasteiger partial charge in [-0.2, -0.15) is 0 Å². The van der Waals surface area contributed by atoms with Gasteiger partial charge >= 0.3 is 0 Å². The van der Waals surface area contributed by atoms with Gasteiger partial charge in [0.25, 0.3) is 0 Å². The molecule has 0 aliphatic heterocycles. The predicted molar refractivity (Wildman–Crippen MR) is 95.6 cm³/mol. The van der Waals surface area contributed by atoms with Gasteiger partial charge in [0, 0.05) is 21.3 Å². The van der Waals surface area contributed by atoms with Gasteiger partial charge in [0.05, 0.1) is 3.79 Å². The molecule has 0 aliphatic carbocycles. The van der Waals surface area contributed by atoms with E-state index in [4.69, 9.17) is 0 Å². The highest BCUT2D eigenvalue weighted by Gasteiger charge is 2.24. The summed E-state index contributed by atoms with van der Waals surface area (Å²) < 4.78 is 2.31. The molecule has 20 heavy (non-hydrogen) atoms. The van der Waals surface area contributed by atoms with Gasteiger partial charge < -0.3 is 5.32 Å². The van der Waals surface area contributed by atoms with Crippen molar-refractivity contribution < 1.29 is 0 Å². The molecule has 108 valence electrons. The Morgan fingerprint density at radius 1 is 1.15 bits per heavy atom. The summed E-state index contributed by atoms with van der Waals surface area (Å²) in [5, 5.41) is 3.66. The Bertz CT molecular complexity index is 519. The summed E-state index contributed by atoms with van der Waals surface area (Å²) in [7, 11) is 0. The van der Waals surface area contributed by atoms with Crippen LogP contribution in [0, 0.1) is 0 Å². The molecule has 0 bridgehead atoms. The van der Waals surface area contributed by atoms with E-state index in [-0.39, 0.29) is 0 Å². The number of benzene rings is 1. The highest BCUT2D eigenvalue weighted by molar-refractivity contribution is 9.13. The Morgan fingerprint density at radius 3 is 2.35 bits per heavy atom. The molecule has 2 unspecified atom stereocenters. The van der Waals surface area contributed by atoms with Crippen LogP contribution in [0.3, 0.4) is 0 Å². The van der Waals surface area contributed by atoms with Crippen molar-refractivity contribution in [2.45, 2.75) is 32.2 Å². The fourth-order valence-electron chi connectivity index (χ4n) is 2.54. The maximum atomic E-state index is 3.66. The Morgan fingerprint density at radius 2 is 1.85 bits per heavy atom. The summed E-state index contributed by atoms with van der Waals surface area (Å²) in [6.45, 7) is 5.41. The van der Waals surface area contributed by atoms with E-state index in [0.717, 1.165) is 17.4 Å². The molecule has 0 aliphatic rings. The van der Waals surface area contributed by atoms with Crippen molar-refractivity contribution in [1.82, 2.24) is 5.32 Å². The maximum absolute atomic E-state index is 3.66. The van der Waals surface area contributed by atoms with E-state index < -0.39 is 0 Å². The van der Waals surface area contributed by atoms with Gasteiger partial charge in [-0.3, -0.25) is 0 Å².